The lowest BCUT2D eigenvalue weighted by Gasteiger charge is -2.29. The second-order valence-electron chi connectivity index (χ2n) is 9.31. The third kappa shape index (κ3) is 6.00. The van der Waals surface area contributed by atoms with Crippen LogP contribution in [0.5, 0.6) is 0 Å². The molecule has 0 saturated carbocycles. The number of benzene rings is 1. The number of nitrogens with zero attached hydrogens (tertiary/aromatic N) is 7. The molecule has 1 amide bonds. The molecule has 1 saturated heterocycles. The van der Waals surface area contributed by atoms with Crippen molar-refractivity contribution in [2.75, 3.05) is 49.7 Å². The molecular weight excluding hydrogens is 522 g/mol. The van der Waals surface area contributed by atoms with Gasteiger partial charge in [0.1, 0.15) is 17.7 Å². The van der Waals surface area contributed by atoms with E-state index in [-0.39, 0.29) is 37.4 Å². The van der Waals surface area contributed by atoms with E-state index in [0.717, 1.165) is 5.56 Å². The summed E-state index contributed by atoms with van der Waals surface area (Å²) in [5, 5.41) is 12.6. The maximum Gasteiger partial charge on any atom is 0.296 e. The van der Waals surface area contributed by atoms with Gasteiger partial charge < -0.3 is 25.0 Å². The molecule has 0 aliphatic carbocycles. The van der Waals surface area contributed by atoms with E-state index in [1.807, 2.05) is 4.90 Å². The average molecular weight is 553 g/mol. The maximum absolute atomic E-state index is 14.1. The molecule has 0 unspecified atom stereocenters. The highest BCUT2D eigenvalue weighted by Crippen LogP contribution is 2.29. The summed E-state index contributed by atoms with van der Waals surface area (Å²) in [6.07, 6.45) is 0.434. The van der Waals surface area contributed by atoms with Gasteiger partial charge in [0.25, 0.3) is 6.43 Å². The van der Waals surface area contributed by atoms with Crippen LogP contribution in [0.1, 0.15) is 24.7 Å². The number of ether oxygens (including phenoxy) is 1. The van der Waals surface area contributed by atoms with E-state index in [1.165, 1.54) is 9.47 Å². The molecule has 40 heavy (non-hydrogen) atoms. The smallest absolute Gasteiger partial charge is 0.296 e. The highest BCUT2D eigenvalue weighted by atomic mass is 19.3. The number of imidazole rings is 1. The number of anilines is 2. The number of alkyl halides is 2. The highest BCUT2D eigenvalue weighted by Gasteiger charge is 2.25. The van der Waals surface area contributed by atoms with Crippen molar-refractivity contribution in [1.82, 2.24) is 29.4 Å². The lowest BCUT2D eigenvalue weighted by molar-refractivity contribution is -0.132. The van der Waals surface area contributed by atoms with Crippen LogP contribution >= 0.6 is 0 Å². The monoisotopic (exact) mass is 552 g/mol. The quantitative estimate of drug-likeness (QED) is 0.306. The molecule has 11 nitrogen and oxygen atoms in total. The number of aliphatic hydroxyl groups excluding tert-OH is 1. The molecule has 0 radical (unpaired) electrons. The Hall–Kier alpha value is -4.23. The number of nitrogens with one attached hydrogen (secondary N) is 1. The number of fused-ring (bicyclic) bond motifs is 1. The summed E-state index contributed by atoms with van der Waals surface area (Å²) in [4.78, 5) is 34.2. The van der Waals surface area contributed by atoms with Gasteiger partial charge in [-0.05, 0) is 36.8 Å². The largest absolute Gasteiger partial charge is 0.395 e. The van der Waals surface area contributed by atoms with E-state index in [0.29, 0.717) is 43.2 Å². The van der Waals surface area contributed by atoms with Crippen molar-refractivity contribution in [3.05, 3.63) is 66.2 Å². The van der Waals surface area contributed by atoms with Crippen LogP contribution in [0.25, 0.3) is 16.9 Å². The number of aliphatic hydroxyl groups is 1. The predicted molar refractivity (Wildman–Crippen MR) is 144 cm³/mol. The van der Waals surface area contributed by atoms with Crippen LogP contribution in [0, 0.1) is 0 Å². The maximum atomic E-state index is 14.1. The van der Waals surface area contributed by atoms with Gasteiger partial charge in [-0.25, -0.2) is 13.8 Å². The molecule has 1 aromatic carbocycles. The van der Waals surface area contributed by atoms with E-state index in [2.05, 4.69) is 25.3 Å². The topological polar surface area (TPSA) is 122 Å². The number of aromatic nitrogens is 5. The second kappa shape index (κ2) is 12.3. The van der Waals surface area contributed by atoms with Gasteiger partial charge in [0.2, 0.25) is 11.9 Å². The normalized spacial score (nSPS) is 14.5. The van der Waals surface area contributed by atoms with E-state index in [4.69, 9.17) is 4.74 Å². The fourth-order valence-corrected chi connectivity index (χ4v) is 4.61. The van der Waals surface area contributed by atoms with Gasteiger partial charge in [-0.15, -0.1) is 0 Å². The van der Waals surface area contributed by atoms with Crippen LogP contribution in [0.2, 0.25) is 0 Å². The molecule has 4 heterocycles. The minimum atomic E-state index is -2.84. The Labute approximate surface area is 229 Å². The van der Waals surface area contributed by atoms with Crippen molar-refractivity contribution in [1.29, 1.82) is 0 Å². The van der Waals surface area contributed by atoms with Gasteiger partial charge in [0.05, 0.1) is 30.9 Å². The molecule has 5 rings (SSSR count). The summed E-state index contributed by atoms with van der Waals surface area (Å²) in [5.74, 6) is 0.0956. The zero-order valence-corrected chi connectivity index (χ0v) is 22.0. The minimum absolute atomic E-state index is 0.102. The van der Waals surface area contributed by atoms with Crippen LogP contribution in [0.4, 0.5) is 20.5 Å². The van der Waals surface area contributed by atoms with Gasteiger partial charge in [0.15, 0.2) is 5.82 Å². The molecule has 0 spiro atoms. The summed E-state index contributed by atoms with van der Waals surface area (Å²) >= 11 is 0. The molecule has 4 aromatic rings. The van der Waals surface area contributed by atoms with E-state index in [9.17, 15) is 18.7 Å². The van der Waals surface area contributed by atoms with E-state index in [1.54, 1.807) is 61.8 Å². The standard InChI is InChI=1S/C27H30F2N8O3/c1-18(26(39)36(10-13-38)17-19-6-8-30-9-7-19)31-27-33-22(35-11-14-40-15-12-35)16-23(34-27)37-21-5-3-2-4-20(21)32-25(37)24(28)29/h2-9,16,18,24,38H,10-15,17H2,1H3,(H,31,33,34)/t18-/m0/s1. The lowest BCUT2D eigenvalue weighted by Crippen LogP contribution is -2.42. The van der Waals surface area contributed by atoms with Crippen LogP contribution in [-0.2, 0) is 16.1 Å². The molecule has 210 valence electrons. The Morgan fingerprint density at radius 2 is 1.82 bits per heavy atom. The van der Waals surface area contributed by atoms with Gasteiger partial charge in [0, 0.05) is 44.6 Å². The minimum Gasteiger partial charge on any atom is -0.395 e. The fourth-order valence-electron chi connectivity index (χ4n) is 4.61. The third-order valence-corrected chi connectivity index (χ3v) is 6.57. The zero-order chi connectivity index (χ0) is 28.1. The van der Waals surface area contributed by atoms with Crippen molar-refractivity contribution < 1.29 is 23.4 Å². The SMILES string of the molecule is C[C@H](Nc1nc(N2CCOCC2)cc(-n2c(C(F)F)nc3ccccc32)n1)C(=O)N(CCO)Cc1ccncc1. The molecule has 1 fully saturated rings. The number of carbonyl (C=O) groups is 1. The first kappa shape index (κ1) is 27.3. The second-order valence-corrected chi connectivity index (χ2v) is 9.31. The third-order valence-electron chi connectivity index (χ3n) is 6.57. The van der Waals surface area contributed by atoms with Crippen LogP contribution in [0.15, 0.2) is 54.9 Å². The number of amides is 1. The molecule has 0 bridgehead atoms. The zero-order valence-electron chi connectivity index (χ0n) is 22.0. The Kier molecular flexibility index (Phi) is 8.41. The highest BCUT2D eigenvalue weighted by molar-refractivity contribution is 5.84. The van der Waals surface area contributed by atoms with Gasteiger partial charge >= 0.3 is 0 Å². The Bertz CT molecular complexity index is 1450. The van der Waals surface area contributed by atoms with Crippen molar-refractivity contribution in [2.45, 2.75) is 25.9 Å². The number of para-hydroxylation sites is 2. The number of morpholine rings is 1. The summed E-state index contributed by atoms with van der Waals surface area (Å²) < 4.78 is 35.0. The van der Waals surface area contributed by atoms with Crippen molar-refractivity contribution in [2.24, 2.45) is 0 Å². The Morgan fingerprint density at radius 3 is 2.55 bits per heavy atom. The van der Waals surface area contributed by atoms with Gasteiger partial charge in [-0.2, -0.15) is 9.97 Å². The van der Waals surface area contributed by atoms with Crippen molar-refractivity contribution >= 4 is 28.7 Å². The molecule has 2 N–H and O–H groups in total. The lowest BCUT2D eigenvalue weighted by atomic mass is 10.2. The molecule has 13 heteroatoms. The van der Waals surface area contributed by atoms with E-state index < -0.39 is 18.3 Å². The first-order chi connectivity index (χ1) is 19.4. The summed E-state index contributed by atoms with van der Waals surface area (Å²) in [6, 6.07) is 11.3. The number of hydrogen-bond donors (Lipinski definition) is 2. The van der Waals surface area contributed by atoms with Gasteiger partial charge in [-0.1, -0.05) is 12.1 Å². The Balaban J connectivity index is 1.50. The first-order valence-corrected chi connectivity index (χ1v) is 13.0. The molecule has 3 aromatic heterocycles. The number of carbonyl (C=O) groups excluding carboxylic acids is 1. The van der Waals surface area contributed by atoms with Crippen molar-refractivity contribution in [3.8, 4) is 5.82 Å². The van der Waals surface area contributed by atoms with Gasteiger partial charge in [-0.3, -0.25) is 14.3 Å². The number of pyridine rings is 1. The summed E-state index contributed by atoms with van der Waals surface area (Å²) in [5.41, 5.74) is 1.76. The average Bonchev–Trinajstić information content (AvgIpc) is 3.38. The molecule has 1 atom stereocenters. The number of hydrogen-bond acceptors (Lipinski definition) is 9. The van der Waals surface area contributed by atoms with Crippen LogP contribution in [0.3, 0.4) is 0 Å². The summed E-state index contributed by atoms with van der Waals surface area (Å²) in [7, 11) is 0. The van der Waals surface area contributed by atoms with Crippen LogP contribution in [-0.4, -0.2) is 85.9 Å². The fraction of sp³-hybridized carbons (Fsp3) is 0.370. The molecule has 1 aliphatic rings. The molecular formula is C27H30F2N8O3. The number of halogens is 2. The Morgan fingerprint density at radius 1 is 1.10 bits per heavy atom. The van der Waals surface area contributed by atoms with Crippen LogP contribution < -0.4 is 10.2 Å². The number of rotatable bonds is 10. The van der Waals surface area contributed by atoms with E-state index >= 15 is 0 Å². The molecule has 1 aliphatic heterocycles. The van der Waals surface area contributed by atoms with Crippen molar-refractivity contribution in [3.63, 3.8) is 0 Å². The first-order valence-electron chi connectivity index (χ1n) is 13.0. The summed E-state index contributed by atoms with van der Waals surface area (Å²) in [6.45, 7) is 4.00. The predicted octanol–water partition coefficient (Wildman–Crippen LogP) is 2.81.